The lowest BCUT2D eigenvalue weighted by molar-refractivity contribution is 0.932. The number of hydrogen-bond donors (Lipinski definition) is 2. The van der Waals surface area contributed by atoms with Gasteiger partial charge in [0, 0.05) is 24.0 Å². The molecule has 0 spiro atoms. The Morgan fingerprint density at radius 1 is 1.53 bits per heavy atom. The van der Waals surface area contributed by atoms with Crippen LogP contribution in [0.25, 0.3) is 11.1 Å². The summed E-state index contributed by atoms with van der Waals surface area (Å²) in [5.41, 5.74) is 7.95. The Balaban J connectivity index is 1.95. The van der Waals surface area contributed by atoms with Gasteiger partial charge in [0.25, 0.3) is 0 Å². The van der Waals surface area contributed by atoms with E-state index in [9.17, 15) is 0 Å². The van der Waals surface area contributed by atoms with Crippen molar-refractivity contribution in [2.45, 2.75) is 19.4 Å². The lowest BCUT2D eigenvalue weighted by atomic mass is 10.1. The molecule has 5 heteroatoms. The fraction of sp³-hybridized carbons (Fsp3) is 0.333. The Bertz CT molecular complexity index is 523. The molecule has 2 atom stereocenters. The maximum Gasteiger partial charge on any atom is 0.147 e. The van der Waals surface area contributed by atoms with Crippen molar-refractivity contribution in [3.05, 3.63) is 24.5 Å². The van der Waals surface area contributed by atoms with E-state index in [1.807, 2.05) is 18.3 Å². The average Bonchev–Trinajstić information content (AvgIpc) is 2.90. The fourth-order valence-electron chi connectivity index (χ4n) is 1.88. The molecule has 3 rings (SSSR count). The molecule has 2 aromatic rings. The molecule has 0 aliphatic heterocycles. The van der Waals surface area contributed by atoms with Crippen LogP contribution in [-0.2, 0) is 0 Å². The van der Waals surface area contributed by atoms with E-state index in [2.05, 4.69) is 21.6 Å². The zero-order chi connectivity index (χ0) is 11.8. The SMILES string of the molecule is CC1CC1Nc1snc(N)c1-c1cccnc1. The smallest absolute Gasteiger partial charge is 0.147 e. The van der Waals surface area contributed by atoms with Crippen molar-refractivity contribution in [3.63, 3.8) is 0 Å². The second-order valence-corrected chi connectivity index (χ2v) is 5.25. The monoisotopic (exact) mass is 246 g/mol. The first-order chi connectivity index (χ1) is 8.25. The summed E-state index contributed by atoms with van der Waals surface area (Å²) in [6.07, 6.45) is 4.81. The molecule has 88 valence electrons. The van der Waals surface area contributed by atoms with Crippen LogP contribution in [-0.4, -0.2) is 15.4 Å². The first-order valence-corrected chi connectivity index (χ1v) is 6.45. The van der Waals surface area contributed by atoms with E-state index < -0.39 is 0 Å². The van der Waals surface area contributed by atoms with Gasteiger partial charge in [0.05, 0.1) is 5.56 Å². The van der Waals surface area contributed by atoms with Crippen LogP contribution >= 0.6 is 11.5 Å². The highest BCUT2D eigenvalue weighted by Gasteiger charge is 2.33. The van der Waals surface area contributed by atoms with Crippen molar-refractivity contribution in [1.29, 1.82) is 0 Å². The Kier molecular flexibility index (Phi) is 2.48. The summed E-state index contributed by atoms with van der Waals surface area (Å²) in [5, 5.41) is 4.56. The summed E-state index contributed by atoms with van der Waals surface area (Å²) in [4.78, 5) is 4.13. The summed E-state index contributed by atoms with van der Waals surface area (Å²) in [7, 11) is 0. The van der Waals surface area contributed by atoms with Crippen molar-refractivity contribution in [2.75, 3.05) is 11.1 Å². The van der Waals surface area contributed by atoms with Gasteiger partial charge in [-0.05, 0) is 29.9 Å². The highest BCUT2D eigenvalue weighted by molar-refractivity contribution is 7.11. The van der Waals surface area contributed by atoms with Gasteiger partial charge in [0.1, 0.15) is 10.8 Å². The van der Waals surface area contributed by atoms with Gasteiger partial charge in [-0.2, -0.15) is 4.37 Å². The van der Waals surface area contributed by atoms with Crippen LogP contribution in [0, 0.1) is 5.92 Å². The number of rotatable bonds is 3. The van der Waals surface area contributed by atoms with E-state index in [0.717, 1.165) is 22.0 Å². The maximum atomic E-state index is 5.94. The molecule has 1 aliphatic carbocycles. The molecule has 4 nitrogen and oxygen atoms in total. The second-order valence-electron chi connectivity index (χ2n) is 4.48. The first kappa shape index (κ1) is 10.5. The topological polar surface area (TPSA) is 63.8 Å². The first-order valence-electron chi connectivity index (χ1n) is 5.68. The fourth-order valence-corrected chi connectivity index (χ4v) is 2.68. The zero-order valence-electron chi connectivity index (χ0n) is 9.55. The summed E-state index contributed by atoms with van der Waals surface area (Å²) in [6, 6.07) is 4.50. The van der Waals surface area contributed by atoms with Gasteiger partial charge in [0.2, 0.25) is 0 Å². The molecule has 1 fully saturated rings. The number of aromatic nitrogens is 2. The molecule has 2 aromatic heterocycles. The zero-order valence-corrected chi connectivity index (χ0v) is 10.4. The summed E-state index contributed by atoms with van der Waals surface area (Å²) < 4.78 is 4.23. The Hall–Kier alpha value is -1.62. The van der Waals surface area contributed by atoms with Crippen LogP contribution in [0.4, 0.5) is 10.8 Å². The van der Waals surface area contributed by atoms with E-state index in [4.69, 9.17) is 5.73 Å². The van der Waals surface area contributed by atoms with Crippen LogP contribution in [0.3, 0.4) is 0 Å². The van der Waals surface area contributed by atoms with Crippen molar-refractivity contribution < 1.29 is 0 Å². The molecular weight excluding hydrogens is 232 g/mol. The number of nitrogen functional groups attached to an aromatic ring is 1. The van der Waals surface area contributed by atoms with Crippen LogP contribution in [0.1, 0.15) is 13.3 Å². The normalized spacial score (nSPS) is 22.4. The van der Waals surface area contributed by atoms with E-state index in [1.54, 1.807) is 6.20 Å². The van der Waals surface area contributed by atoms with Gasteiger partial charge in [-0.25, -0.2) is 0 Å². The van der Waals surface area contributed by atoms with E-state index >= 15 is 0 Å². The van der Waals surface area contributed by atoms with Crippen LogP contribution in [0.2, 0.25) is 0 Å². The molecule has 0 saturated heterocycles. The van der Waals surface area contributed by atoms with Crippen molar-refractivity contribution in [1.82, 2.24) is 9.36 Å². The molecule has 1 saturated carbocycles. The lowest BCUT2D eigenvalue weighted by Gasteiger charge is -2.05. The Morgan fingerprint density at radius 3 is 3.00 bits per heavy atom. The average molecular weight is 246 g/mol. The Labute approximate surface area is 104 Å². The molecule has 2 heterocycles. The summed E-state index contributed by atoms with van der Waals surface area (Å²) >= 11 is 1.43. The quantitative estimate of drug-likeness (QED) is 0.873. The maximum absolute atomic E-state index is 5.94. The van der Waals surface area contributed by atoms with Gasteiger partial charge in [0.15, 0.2) is 0 Å². The molecule has 17 heavy (non-hydrogen) atoms. The predicted molar refractivity (Wildman–Crippen MR) is 70.9 cm³/mol. The van der Waals surface area contributed by atoms with Crippen LogP contribution in [0.15, 0.2) is 24.5 Å². The number of nitrogens with two attached hydrogens (primary N) is 1. The number of hydrogen-bond acceptors (Lipinski definition) is 5. The third-order valence-electron chi connectivity index (χ3n) is 3.09. The highest BCUT2D eigenvalue weighted by atomic mass is 32.1. The lowest BCUT2D eigenvalue weighted by Crippen LogP contribution is -2.03. The standard InChI is InChI=1S/C12H14N4S/c1-7-5-9(7)15-12-10(11(13)16-17-12)8-3-2-4-14-6-8/h2-4,6-7,9,15H,5H2,1H3,(H2,13,16). The third kappa shape index (κ3) is 1.98. The van der Waals surface area contributed by atoms with E-state index in [-0.39, 0.29) is 0 Å². The van der Waals surface area contributed by atoms with Gasteiger partial charge >= 0.3 is 0 Å². The molecule has 2 unspecified atom stereocenters. The van der Waals surface area contributed by atoms with E-state index in [0.29, 0.717) is 11.9 Å². The molecule has 0 radical (unpaired) electrons. The summed E-state index contributed by atoms with van der Waals surface area (Å²) in [5.74, 6) is 1.33. The largest absolute Gasteiger partial charge is 0.382 e. The minimum absolute atomic E-state index is 0.574. The van der Waals surface area contributed by atoms with Crippen molar-refractivity contribution >= 4 is 22.4 Å². The molecule has 3 N–H and O–H groups in total. The van der Waals surface area contributed by atoms with Gasteiger partial charge in [-0.15, -0.1) is 0 Å². The van der Waals surface area contributed by atoms with Gasteiger partial charge < -0.3 is 11.1 Å². The van der Waals surface area contributed by atoms with Crippen LogP contribution in [0.5, 0.6) is 0 Å². The molecule has 0 aromatic carbocycles. The Morgan fingerprint density at radius 2 is 2.35 bits per heavy atom. The van der Waals surface area contributed by atoms with Crippen molar-refractivity contribution in [2.24, 2.45) is 5.92 Å². The van der Waals surface area contributed by atoms with Crippen LogP contribution < -0.4 is 11.1 Å². The highest BCUT2D eigenvalue weighted by Crippen LogP contribution is 2.40. The second kappa shape index (κ2) is 4.00. The van der Waals surface area contributed by atoms with Gasteiger partial charge in [-0.1, -0.05) is 13.0 Å². The number of nitrogens with one attached hydrogen (secondary N) is 1. The minimum Gasteiger partial charge on any atom is -0.382 e. The third-order valence-corrected chi connectivity index (χ3v) is 3.89. The minimum atomic E-state index is 0.574. The molecule has 1 aliphatic rings. The predicted octanol–water partition coefficient (Wildman–Crippen LogP) is 2.61. The number of anilines is 2. The van der Waals surface area contributed by atoms with Crippen molar-refractivity contribution in [3.8, 4) is 11.1 Å². The number of pyridine rings is 1. The van der Waals surface area contributed by atoms with E-state index in [1.165, 1.54) is 18.0 Å². The molecule has 0 amide bonds. The number of nitrogens with zero attached hydrogens (tertiary/aromatic N) is 2. The summed E-state index contributed by atoms with van der Waals surface area (Å²) in [6.45, 7) is 2.24. The molecular formula is C12H14N4S. The van der Waals surface area contributed by atoms with Gasteiger partial charge in [-0.3, -0.25) is 4.98 Å². The molecule has 0 bridgehead atoms.